The zero-order chi connectivity index (χ0) is 12.1. The van der Waals surface area contributed by atoms with Crippen molar-refractivity contribution in [3.8, 4) is 0 Å². The van der Waals surface area contributed by atoms with Crippen LogP contribution < -0.4 is 5.32 Å². The number of carboxylic acids is 1. The second-order valence-electron chi connectivity index (χ2n) is 3.65. The average molecular weight is 284 g/mol. The number of rotatable bonds is 5. The first-order valence-corrected chi connectivity index (χ1v) is 6.19. The molecule has 0 spiro atoms. The van der Waals surface area contributed by atoms with Crippen molar-refractivity contribution in [2.45, 2.75) is 13.1 Å². The summed E-state index contributed by atoms with van der Waals surface area (Å²) < 4.78 is 0. The minimum atomic E-state index is -0.876. The minimum Gasteiger partial charge on any atom is -0.478 e. The van der Waals surface area contributed by atoms with Crippen molar-refractivity contribution in [1.29, 1.82) is 0 Å². The van der Waals surface area contributed by atoms with E-state index in [-0.39, 0.29) is 12.4 Å². The molecule has 0 saturated heterocycles. The predicted octanol–water partition coefficient (Wildman–Crippen LogP) is 3.16. The molecule has 0 radical (unpaired) electrons. The highest BCUT2D eigenvalue weighted by Gasteiger charge is 2.07. The van der Waals surface area contributed by atoms with Gasteiger partial charge in [-0.2, -0.15) is 0 Å². The molecule has 5 heteroatoms. The van der Waals surface area contributed by atoms with Crippen molar-refractivity contribution in [2.24, 2.45) is 0 Å². The largest absolute Gasteiger partial charge is 0.478 e. The Bertz CT molecular complexity index is 499. The monoisotopic (exact) mass is 283 g/mol. The summed E-state index contributed by atoms with van der Waals surface area (Å²) >= 11 is 1.69. The molecule has 0 aliphatic carbocycles. The Kier molecular flexibility index (Phi) is 5.85. The Hall–Kier alpha value is -1.36. The van der Waals surface area contributed by atoms with Crippen molar-refractivity contribution in [1.82, 2.24) is 5.32 Å². The fraction of sp³-hybridized carbons (Fsp3) is 0.154. The van der Waals surface area contributed by atoms with Crippen LogP contribution in [0.4, 0.5) is 0 Å². The van der Waals surface area contributed by atoms with Gasteiger partial charge in [0.15, 0.2) is 0 Å². The van der Waals surface area contributed by atoms with Crippen LogP contribution in [0.3, 0.4) is 0 Å². The number of benzene rings is 1. The van der Waals surface area contributed by atoms with E-state index in [9.17, 15) is 4.79 Å². The van der Waals surface area contributed by atoms with Crippen LogP contribution in [0.5, 0.6) is 0 Å². The first-order valence-electron chi connectivity index (χ1n) is 5.31. The average Bonchev–Trinajstić information content (AvgIpc) is 2.82. The first-order chi connectivity index (χ1) is 8.27. The van der Waals surface area contributed by atoms with Gasteiger partial charge >= 0.3 is 5.97 Å². The van der Waals surface area contributed by atoms with Crippen LogP contribution in [0.25, 0.3) is 0 Å². The standard InChI is InChI=1S/C13H13NO2S.ClH/c15-13(16)12-6-2-1-4-10(12)8-14-9-11-5-3-7-17-11;/h1-7,14H,8-9H2,(H,15,16);1H. The number of halogens is 1. The number of carbonyl (C=O) groups is 1. The fourth-order valence-corrected chi connectivity index (χ4v) is 2.29. The van der Waals surface area contributed by atoms with Gasteiger partial charge in [-0.1, -0.05) is 24.3 Å². The van der Waals surface area contributed by atoms with Gasteiger partial charge in [-0.25, -0.2) is 4.79 Å². The molecule has 18 heavy (non-hydrogen) atoms. The summed E-state index contributed by atoms with van der Waals surface area (Å²) in [5.74, 6) is -0.876. The molecule has 0 bridgehead atoms. The molecule has 0 atom stereocenters. The zero-order valence-electron chi connectivity index (χ0n) is 9.63. The second-order valence-corrected chi connectivity index (χ2v) is 4.68. The summed E-state index contributed by atoms with van der Waals surface area (Å²) in [6, 6.07) is 11.1. The van der Waals surface area contributed by atoms with E-state index in [2.05, 4.69) is 11.4 Å². The van der Waals surface area contributed by atoms with Crippen LogP contribution in [0.1, 0.15) is 20.8 Å². The molecule has 0 amide bonds. The normalized spacial score (nSPS) is 9.78. The van der Waals surface area contributed by atoms with E-state index in [1.165, 1.54) is 4.88 Å². The van der Waals surface area contributed by atoms with Crippen LogP contribution >= 0.6 is 23.7 Å². The lowest BCUT2D eigenvalue weighted by atomic mass is 10.1. The second kappa shape index (κ2) is 7.16. The van der Waals surface area contributed by atoms with E-state index in [0.717, 1.165) is 12.1 Å². The topological polar surface area (TPSA) is 49.3 Å². The molecule has 0 aliphatic heterocycles. The third kappa shape index (κ3) is 3.84. The Morgan fingerprint density at radius 3 is 2.61 bits per heavy atom. The smallest absolute Gasteiger partial charge is 0.336 e. The first kappa shape index (κ1) is 14.7. The number of aromatic carboxylic acids is 1. The molecule has 2 N–H and O–H groups in total. The lowest BCUT2D eigenvalue weighted by molar-refractivity contribution is 0.0695. The molecule has 96 valence electrons. The number of hydrogen-bond donors (Lipinski definition) is 2. The molecular weight excluding hydrogens is 270 g/mol. The molecule has 2 rings (SSSR count). The molecule has 0 unspecified atom stereocenters. The summed E-state index contributed by atoms with van der Waals surface area (Å²) in [5, 5.41) is 14.3. The summed E-state index contributed by atoms with van der Waals surface area (Å²) in [6.45, 7) is 1.34. The number of hydrogen-bond acceptors (Lipinski definition) is 3. The lowest BCUT2D eigenvalue weighted by Gasteiger charge is -2.06. The molecule has 1 aromatic heterocycles. The van der Waals surface area contributed by atoms with Crippen molar-refractivity contribution >= 4 is 29.7 Å². The van der Waals surface area contributed by atoms with Crippen LogP contribution in [0.15, 0.2) is 41.8 Å². The molecule has 1 aromatic carbocycles. The Labute approximate surface area is 116 Å². The van der Waals surface area contributed by atoms with E-state index < -0.39 is 5.97 Å². The van der Waals surface area contributed by atoms with Gasteiger partial charge in [0.2, 0.25) is 0 Å². The molecule has 0 saturated carbocycles. The SMILES string of the molecule is Cl.O=C(O)c1ccccc1CNCc1cccs1. The zero-order valence-corrected chi connectivity index (χ0v) is 11.3. The molecule has 2 aromatic rings. The summed E-state index contributed by atoms with van der Waals surface area (Å²) in [4.78, 5) is 12.2. The highest BCUT2D eigenvalue weighted by atomic mass is 35.5. The van der Waals surface area contributed by atoms with Crippen LogP contribution in [-0.2, 0) is 13.1 Å². The quantitative estimate of drug-likeness (QED) is 0.886. The van der Waals surface area contributed by atoms with Gasteiger partial charge in [-0.05, 0) is 23.1 Å². The Morgan fingerprint density at radius 1 is 1.17 bits per heavy atom. The highest BCUT2D eigenvalue weighted by molar-refractivity contribution is 7.09. The number of nitrogens with one attached hydrogen (secondary N) is 1. The van der Waals surface area contributed by atoms with E-state index in [4.69, 9.17) is 5.11 Å². The van der Waals surface area contributed by atoms with Gasteiger partial charge in [0.1, 0.15) is 0 Å². The van der Waals surface area contributed by atoms with Crippen LogP contribution in [0.2, 0.25) is 0 Å². The van der Waals surface area contributed by atoms with E-state index in [1.54, 1.807) is 23.5 Å². The van der Waals surface area contributed by atoms with Gasteiger partial charge in [0, 0.05) is 18.0 Å². The van der Waals surface area contributed by atoms with E-state index in [1.807, 2.05) is 23.6 Å². The van der Waals surface area contributed by atoms with Crippen LogP contribution in [0, 0.1) is 0 Å². The number of carboxylic acid groups (broad SMARTS) is 1. The Balaban J connectivity index is 0.00000162. The maximum Gasteiger partial charge on any atom is 0.336 e. The fourth-order valence-electron chi connectivity index (χ4n) is 1.62. The molecular formula is C13H14ClNO2S. The minimum absolute atomic E-state index is 0. The predicted molar refractivity (Wildman–Crippen MR) is 75.5 cm³/mol. The summed E-state index contributed by atoms with van der Waals surface area (Å²) in [6.07, 6.45) is 0. The maximum absolute atomic E-state index is 11.0. The van der Waals surface area contributed by atoms with Gasteiger partial charge < -0.3 is 10.4 Å². The van der Waals surface area contributed by atoms with E-state index in [0.29, 0.717) is 12.1 Å². The molecule has 1 heterocycles. The lowest BCUT2D eigenvalue weighted by Crippen LogP contribution is -2.14. The van der Waals surface area contributed by atoms with Gasteiger partial charge in [-0.3, -0.25) is 0 Å². The van der Waals surface area contributed by atoms with Crippen LogP contribution in [-0.4, -0.2) is 11.1 Å². The number of thiophene rings is 1. The molecule has 0 aliphatic rings. The van der Waals surface area contributed by atoms with Crippen molar-refractivity contribution < 1.29 is 9.90 Å². The van der Waals surface area contributed by atoms with Crippen molar-refractivity contribution in [2.75, 3.05) is 0 Å². The summed E-state index contributed by atoms with van der Waals surface area (Å²) in [5.41, 5.74) is 1.18. The highest BCUT2D eigenvalue weighted by Crippen LogP contribution is 2.10. The molecule has 3 nitrogen and oxygen atoms in total. The Morgan fingerprint density at radius 2 is 1.94 bits per heavy atom. The van der Waals surface area contributed by atoms with Gasteiger partial charge in [0.25, 0.3) is 0 Å². The van der Waals surface area contributed by atoms with Gasteiger partial charge in [0.05, 0.1) is 5.56 Å². The van der Waals surface area contributed by atoms with Gasteiger partial charge in [-0.15, -0.1) is 23.7 Å². The third-order valence-corrected chi connectivity index (χ3v) is 3.32. The molecule has 0 fully saturated rings. The van der Waals surface area contributed by atoms with Crippen molar-refractivity contribution in [3.63, 3.8) is 0 Å². The van der Waals surface area contributed by atoms with Crippen molar-refractivity contribution in [3.05, 3.63) is 57.8 Å². The maximum atomic E-state index is 11.0. The summed E-state index contributed by atoms with van der Waals surface area (Å²) in [7, 11) is 0. The van der Waals surface area contributed by atoms with E-state index >= 15 is 0 Å². The third-order valence-electron chi connectivity index (χ3n) is 2.44.